The summed E-state index contributed by atoms with van der Waals surface area (Å²) in [6.45, 7) is 2.29. The molecule has 6 nitrogen and oxygen atoms in total. The average Bonchev–Trinajstić information content (AvgIpc) is 2.39. The van der Waals surface area contributed by atoms with Gasteiger partial charge in [0.25, 0.3) is 0 Å². The summed E-state index contributed by atoms with van der Waals surface area (Å²) in [5, 5.41) is 9.08. The molecule has 6 heteroatoms. The third-order valence-corrected chi connectivity index (χ3v) is 2.78. The quantitative estimate of drug-likeness (QED) is 0.686. The van der Waals surface area contributed by atoms with Crippen LogP contribution < -0.4 is 10.6 Å². The van der Waals surface area contributed by atoms with Crippen molar-refractivity contribution in [3.05, 3.63) is 23.8 Å². The number of carboxylic acids is 1. The average molecular weight is 268 g/mol. The van der Waals surface area contributed by atoms with Crippen LogP contribution in [0.1, 0.15) is 10.4 Å². The predicted molar refractivity (Wildman–Crippen MR) is 73.8 cm³/mol. The minimum Gasteiger partial charge on any atom is -0.478 e. The maximum absolute atomic E-state index is 11.1. The first-order valence-electron chi connectivity index (χ1n) is 5.96. The maximum Gasteiger partial charge on any atom is 0.337 e. The number of aromatic carboxylic acids is 1. The van der Waals surface area contributed by atoms with Crippen LogP contribution in [-0.4, -0.2) is 51.6 Å². The molecule has 0 bridgehead atoms. The molecule has 0 spiro atoms. The first-order valence-corrected chi connectivity index (χ1v) is 5.96. The monoisotopic (exact) mass is 268 g/mol. The zero-order chi connectivity index (χ0) is 14.3. The minimum absolute atomic E-state index is 0.109. The zero-order valence-electron chi connectivity index (χ0n) is 11.3. The molecule has 106 valence electrons. The number of carboxylic acid groups (broad SMARTS) is 1. The summed E-state index contributed by atoms with van der Waals surface area (Å²) in [6.07, 6.45) is 0. The lowest BCUT2D eigenvalue weighted by Crippen LogP contribution is -2.31. The largest absolute Gasteiger partial charge is 0.478 e. The number of rotatable bonds is 8. The lowest BCUT2D eigenvalue weighted by Gasteiger charge is -2.26. The van der Waals surface area contributed by atoms with E-state index in [0.29, 0.717) is 32.0 Å². The van der Waals surface area contributed by atoms with E-state index in [1.54, 1.807) is 26.4 Å². The Morgan fingerprint density at radius 1 is 1.26 bits per heavy atom. The van der Waals surface area contributed by atoms with Crippen LogP contribution >= 0.6 is 0 Å². The van der Waals surface area contributed by atoms with Crippen molar-refractivity contribution in [3.8, 4) is 0 Å². The summed E-state index contributed by atoms with van der Waals surface area (Å²) in [4.78, 5) is 13.0. The van der Waals surface area contributed by atoms with Crippen molar-refractivity contribution in [2.24, 2.45) is 0 Å². The lowest BCUT2D eigenvalue weighted by atomic mass is 10.1. The van der Waals surface area contributed by atoms with Crippen LogP contribution in [0, 0.1) is 0 Å². The van der Waals surface area contributed by atoms with Gasteiger partial charge in [-0.2, -0.15) is 0 Å². The molecule has 0 unspecified atom stereocenters. The van der Waals surface area contributed by atoms with Gasteiger partial charge in [0.15, 0.2) is 0 Å². The van der Waals surface area contributed by atoms with Gasteiger partial charge in [0, 0.05) is 27.3 Å². The van der Waals surface area contributed by atoms with Crippen molar-refractivity contribution >= 4 is 17.3 Å². The SMILES string of the molecule is COCCN(CCOC)c1cccc(C(=O)O)c1N. The highest BCUT2D eigenvalue weighted by atomic mass is 16.5. The number of ether oxygens (including phenoxy) is 2. The number of nitrogen functional groups attached to an aromatic ring is 1. The van der Waals surface area contributed by atoms with Crippen LogP contribution in [0.25, 0.3) is 0 Å². The molecule has 0 aliphatic carbocycles. The fraction of sp³-hybridized carbons (Fsp3) is 0.462. The van der Waals surface area contributed by atoms with E-state index in [1.165, 1.54) is 6.07 Å². The van der Waals surface area contributed by atoms with Crippen LogP contribution in [0.4, 0.5) is 11.4 Å². The number of benzene rings is 1. The van der Waals surface area contributed by atoms with Gasteiger partial charge in [-0.1, -0.05) is 6.07 Å². The Bertz CT molecular complexity index is 415. The summed E-state index contributed by atoms with van der Waals surface area (Å²) in [5.74, 6) is -1.03. The van der Waals surface area contributed by atoms with E-state index in [0.717, 1.165) is 0 Å². The molecule has 1 aromatic carbocycles. The fourth-order valence-corrected chi connectivity index (χ4v) is 1.77. The smallest absolute Gasteiger partial charge is 0.337 e. The van der Waals surface area contributed by atoms with Crippen LogP contribution in [0.3, 0.4) is 0 Å². The Morgan fingerprint density at radius 2 is 1.84 bits per heavy atom. The van der Waals surface area contributed by atoms with Crippen molar-refractivity contribution in [3.63, 3.8) is 0 Å². The molecule has 0 saturated carbocycles. The van der Waals surface area contributed by atoms with Crippen LogP contribution in [0.5, 0.6) is 0 Å². The molecule has 0 aliphatic heterocycles. The van der Waals surface area contributed by atoms with E-state index >= 15 is 0 Å². The molecule has 0 fully saturated rings. The van der Waals surface area contributed by atoms with Crippen LogP contribution in [0.15, 0.2) is 18.2 Å². The summed E-state index contributed by atoms with van der Waals surface area (Å²) >= 11 is 0. The van der Waals surface area contributed by atoms with E-state index in [9.17, 15) is 4.79 Å². The van der Waals surface area contributed by atoms with Gasteiger partial charge in [0.1, 0.15) is 0 Å². The fourth-order valence-electron chi connectivity index (χ4n) is 1.77. The Morgan fingerprint density at radius 3 is 2.32 bits per heavy atom. The molecule has 0 amide bonds. The molecule has 0 atom stereocenters. The number of anilines is 2. The molecule has 3 N–H and O–H groups in total. The number of carbonyl (C=O) groups is 1. The molecule has 0 radical (unpaired) electrons. The van der Waals surface area contributed by atoms with E-state index < -0.39 is 5.97 Å². The van der Waals surface area contributed by atoms with Gasteiger partial charge < -0.3 is 25.2 Å². The van der Waals surface area contributed by atoms with Gasteiger partial charge in [-0.25, -0.2) is 4.79 Å². The highest BCUT2D eigenvalue weighted by molar-refractivity contribution is 5.97. The highest BCUT2D eigenvalue weighted by Gasteiger charge is 2.15. The molecule has 0 saturated heterocycles. The number of hydrogen-bond donors (Lipinski definition) is 2. The number of para-hydroxylation sites is 1. The lowest BCUT2D eigenvalue weighted by molar-refractivity contribution is 0.0698. The molecule has 0 aliphatic rings. The van der Waals surface area contributed by atoms with E-state index in [2.05, 4.69) is 0 Å². The van der Waals surface area contributed by atoms with Gasteiger partial charge in [0.2, 0.25) is 0 Å². The van der Waals surface area contributed by atoms with Gasteiger partial charge in [0.05, 0.1) is 30.2 Å². The Kier molecular flexibility index (Phi) is 6.11. The second kappa shape index (κ2) is 7.60. The topological polar surface area (TPSA) is 85.0 Å². The van der Waals surface area contributed by atoms with E-state index in [-0.39, 0.29) is 11.3 Å². The first-order chi connectivity index (χ1) is 9.11. The van der Waals surface area contributed by atoms with Gasteiger partial charge in [-0.05, 0) is 12.1 Å². The van der Waals surface area contributed by atoms with E-state index in [1.807, 2.05) is 4.90 Å². The van der Waals surface area contributed by atoms with Gasteiger partial charge in [-0.15, -0.1) is 0 Å². The predicted octanol–water partition coefficient (Wildman–Crippen LogP) is 1.07. The summed E-state index contributed by atoms with van der Waals surface area (Å²) in [7, 11) is 3.23. The summed E-state index contributed by atoms with van der Waals surface area (Å²) in [6, 6.07) is 4.97. The summed E-state index contributed by atoms with van der Waals surface area (Å²) in [5.41, 5.74) is 6.99. The normalized spacial score (nSPS) is 10.4. The number of nitrogens with zero attached hydrogens (tertiary/aromatic N) is 1. The maximum atomic E-state index is 11.1. The molecule has 0 aromatic heterocycles. The number of hydrogen-bond acceptors (Lipinski definition) is 5. The Labute approximate surface area is 112 Å². The second-order valence-corrected chi connectivity index (χ2v) is 4.02. The number of methoxy groups -OCH3 is 2. The van der Waals surface area contributed by atoms with Crippen LogP contribution in [-0.2, 0) is 9.47 Å². The van der Waals surface area contributed by atoms with Crippen molar-refractivity contribution in [1.29, 1.82) is 0 Å². The molecule has 0 heterocycles. The molecule has 1 aromatic rings. The third kappa shape index (κ3) is 4.11. The van der Waals surface area contributed by atoms with Crippen molar-refractivity contribution in [2.45, 2.75) is 0 Å². The molecule has 19 heavy (non-hydrogen) atoms. The first kappa shape index (κ1) is 15.3. The van der Waals surface area contributed by atoms with Gasteiger partial charge in [-0.3, -0.25) is 0 Å². The summed E-state index contributed by atoms with van der Waals surface area (Å²) < 4.78 is 10.1. The van der Waals surface area contributed by atoms with Gasteiger partial charge >= 0.3 is 5.97 Å². The second-order valence-electron chi connectivity index (χ2n) is 4.02. The Hall–Kier alpha value is -1.79. The Balaban J connectivity index is 2.99. The van der Waals surface area contributed by atoms with E-state index in [4.69, 9.17) is 20.3 Å². The molecular formula is C13H20N2O4. The van der Waals surface area contributed by atoms with Crippen molar-refractivity contribution in [2.75, 3.05) is 51.2 Å². The van der Waals surface area contributed by atoms with Crippen molar-refractivity contribution < 1.29 is 19.4 Å². The highest BCUT2D eigenvalue weighted by Crippen LogP contribution is 2.26. The van der Waals surface area contributed by atoms with Crippen molar-refractivity contribution in [1.82, 2.24) is 0 Å². The number of nitrogens with two attached hydrogens (primary N) is 1. The minimum atomic E-state index is -1.03. The molecule has 1 rings (SSSR count). The zero-order valence-corrected chi connectivity index (χ0v) is 11.3. The molecular weight excluding hydrogens is 248 g/mol. The standard InChI is InChI=1S/C13H20N2O4/c1-18-8-6-15(7-9-19-2)11-5-3-4-10(12(11)14)13(16)17/h3-5H,6-9,14H2,1-2H3,(H,16,17). The van der Waals surface area contributed by atoms with Crippen LogP contribution in [0.2, 0.25) is 0 Å². The third-order valence-electron chi connectivity index (χ3n) is 2.78.